The molecule has 3 aromatic rings. The third-order valence-corrected chi connectivity index (χ3v) is 5.59. The van der Waals surface area contributed by atoms with Gasteiger partial charge in [0.15, 0.2) is 0 Å². The SMILES string of the molecule is O=C(Cn1cnc2ccccc2c1=O)N1CCSC1c1ccccc1. The van der Waals surface area contributed by atoms with Crippen LogP contribution >= 0.6 is 11.8 Å². The van der Waals surface area contributed by atoms with E-state index in [0.717, 1.165) is 11.3 Å². The summed E-state index contributed by atoms with van der Waals surface area (Å²) in [5.41, 5.74) is 1.58. The first-order valence-electron chi connectivity index (χ1n) is 8.14. The lowest BCUT2D eigenvalue weighted by molar-refractivity contribution is -0.132. The van der Waals surface area contributed by atoms with E-state index in [1.165, 1.54) is 10.9 Å². The number of thioether (sulfide) groups is 1. The van der Waals surface area contributed by atoms with Gasteiger partial charge in [0.1, 0.15) is 11.9 Å². The fourth-order valence-corrected chi connectivity index (χ4v) is 4.35. The van der Waals surface area contributed by atoms with Gasteiger partial charge in [-0.15, -0.1) is 11.8 Å². The van der Waals surface area contributed by atoms with E-state index in [2.05, 4.69) is 4.98 Å². The van der Waals surface area contributed by atoms with Gasteiger partial charge < -0.3 is 4.90 Å². The Morgan fingerprint density at radius 2 is 1.88 bits per heavy atom. The number of hydrogen-bond donors (Lipinski definition) is 0. The van der Waals surface area contributed by atoms with E-state index in [1.807, 2.05) is 41.3 Å². The number of nitrogens with zero attached hydrogens (tertiary/aromatic N) is 3. The standard InChI is InChI=1S/C19H17N3O2S/c23-17(22-10-11-25-19(22)14-6-2-1-3-7-14)12-21-13-20-16-9-5-4-8-15(16)18(21)24/h1-9,13,19H,10-12H2. The van der Waals surface area contributed by atoms with E-state index in [1.54, 1.807) is 30.0 Å². The molecule has 0 aliphatic carbocycles. The van der Waals surface area contributed by atoms with Crippen LogP contribution in [-0.2, 0) is 11.3 Å². The maximum absolute atomic E-state index is 12.8. The zero-order valence-corrected chi connectivity index (χ0v) is 14.4. The van der Waals surface area contributed by atoms with Gasteiger partial charge in [-0.25, -0.2) is 4.98 Å². The highest BCUT2D eigenvalue weighted by atomic mass is 32.2. The van der Waals surface area contributed by atoms with Gasteiger partial charge in [0.2, 0.25) is 5.91 Å². The molecular weight excluding hydrogens is 334 g/mol. The highest BCUT2D eigenvalue weighted by molar-refractivity contribution is 7.99. The number of fused-ring (bicyclic) bond motifs is 1. The number of amides is 1. The molecule has 4 rings (SSSR count). The van der Waals surface area contributed by atoms with Crippen LogP contribution in [0, 0.1) is 0 Å². The molecule has 5 nitrogen and oxygen atoms in total. The van der Waals surface area contributed by atoms with E-state index in [9.17, 15) is 9.59 Å². The molecule has 1 aliphatic heterocycles. The lowest BCUT2D eigenvalue weighted by Gasteiger charge is -2.24. The number of hydrogen-bond acceptors (Lipinski definition) is 4. The molecule has 0 saturated carbocycles. The minimum atomic E-state index is -0.179. The van der Waals surface area contributed by atoms with Gasteiger partial charge >= 0.3 is 0 Å². The first-order chi connectivity index (χ1) is 12.2. The van der Waals surface area contributed by atoms with E-state index in [0.29, 0.717) is 17.4 Å². The molecule has 1 fully saturated rings. The topological polar surface area (TPSA) is 55.2 Å². The molecule has 1 aromatic heterocycles. The largest absolute Gasteiger partial charge is 0.324 e. The number of para-hydroxylation sites is 1. The number of carbonyl (C=O) groups excluding carboxylic acids is 1. The van der Waals surface area contributed by atoms with Gasteiger partial charge in [0.25, 0.3) is 5.56 Å². The summed E-state index contributed by atoms with van der Waals surface area (Å²) >= 11 is 1.75. The van der Waals surface area contributed by atoms with Crippen molar-refractivity contribution in [3.63, 3.8) is 0 Å². The lowest BCUT2D eigenvalue weighted by atomic mass is 10.2. The van der Waals surface area contributed by atoms with Crippen molar-refractivity contribution in [1.82, 2.24) is 14.5 Å². The molecule has 25 heavy (non-hydrogen) atoms. The van der Waals surface area contributed by atoms with Crippen LogP contribution < -0.4 is 5.56 Å². The minimum Gasteiger partial charge on any atom is -0.324 e. The third kappa shape index (κ3) is 3.05. The summed E-state index contributed by atoms with van der Waals surface area (Å²) < 4.78 is 1.40. The van der Waals surface area contributed by atoms with Crippen LogP contribution in [-0.4, -0.2) is 32.7 Å². The third-order valence-electron chi connectivity index (χ3n) is 4.33. The van der Waals surface area contributed by atoms with Crippen LogP contribution in [0.15, 0.2) is 65.7 Å². The summed E-state index contributed by atoms with van der Waals surface area (Å²) in [6.45, 7) is 0.708. The van der Waals surface area contributed by atoms with E-state index >= 15 is 0 Å². The van der Waals surface area contributed by atoms with Crippen molar-refractivity contribution in [3.05, 3.63) is 76.8 Å². The van der Waals surface area contributed by atoms with Gasteiger partial charge in [-0.05, 0) is 17.7 Å². The fourth-order valence-electron chi connectivity index (χ4n) is 3.07. The predicted octanol–water partition coefficient (Wildman–Crippen LogP) is 2.67. The number of benzene rings is 2. The van der Waals surface area contributed by atoms with Crippen molar-refractivity contribution in [2.75, 3.05) is 12.3 Å². The number of rotatable bonds is 3. The van der Waals surface area contributed by atoms with Gasteiger partial charge in [-0.2, -0.15) is 0 Å². The summed E-state index contributed by atoms with van der Waals surface area (Å²) in [6, 6.07) is 17.2. The fraction of sp³-hybridized carbons (Fsp3) is 0.211. The molecule has 1 saturated heterocycles. The second-order valence-electron chi connectivity index (χ2n) is 5.92. The van der Waals surface area contributed by atoms with E-state index in [-0.39, 0.29) is 23.4 Å². The Morgan fingerprint density at radius 3 is 2.72 bits per heavy atom. The monoisotopic (exact) mass is 351 g/mol. The van der Waals surface area contributed by atoms with Gasteiger partial charge in [-0.1, -0.05) is 42.5 Å². The predicted molar refractivity (Wildman–Crippen MR) is 99.4 cm³/mol. The van der Waals surface area contributed by atoms with E-state index in [4.69, 9.17) is 0 Å². The summed E-state index contributed by atoms with van der Waals surface area (Å²) in [4.78, 5) is 31.5. The van der Waals surface area contributed by atoms with Crippen molar-refractivity contribution >= 4 is 28.6 Å². The maximum Gasteiger partial charge on any atom is 0.261 e. The molecule has 0 spiro atoms. The van der Waals surface area contributed by atoms with Crippen LogP contribution in [0.4, 0.5) is 0 Å². The summed E-state index contributed by atoms with van der Waals surface area (Å²) in [5, 5.41) is 0.547. The average Bonchev–Trinajstić information content (AvgIpc) is 3.15. The van der Waals surface area contributed by atoms with Crippen molar-refractivity contribution < 1.29 is 4.79 Å². The van der Waals surface area contributed by atoms with Crippen LogP contribution in [0.5, 0.6) is 0 Å². The Kier molecular flexibility index (Phi) is 4.28. The molecule has 1 atom stereocenters. The Labute approximate surface area is 149 Å². The molecule has 2 heterocycles. The normalized spacial score (nSPS) is 17.1. The quantitative estimate of drug-likeness (QED) is 0.728. The van der Waals surface area contributed by atoms with Crippen LogP contribution in [0.25, 0.3) is 10.9 Å². The highest BCUT2D eigenvalue weighted by Crippen LogP contribution is 2.37. The second-order valence-corrected chi connectivity index (χ2v) is 7.10. The molecule has 1 aliphatic rings. The van der Waals surface area contributed by atoms with Gasteiger partial charge in [0.05, 0.1) is 17.2 Å². The molecule has 0 N–H and O–H groups in total. The molecule has 126 valence electrons. The molecule has 1 amide bonds. The minimum absolute atomic E-state index is 0.0119. The Balaban J connectivity index is 1.60. The average molecular weight is 351 g/mol. The van der Waals surface area contributed by atoms with Crippen molar-refractivity contribution in [1.29, 1.82) is 0 Å². The molecule has 6 heteroatoms. The summed E-state index contributed by atoms with van der Waals surface area (Å²) in [7, 11) is 0. The zero-order chi connectivity index (χ0) is 17.2. The number of carbonyl (C=O) groups is 1. The first-order valence-corrected chi connectivity index (χ1v) is 9.19. The van der Waals surface area contributed by atoms with Crippen LogP contribution in [0.1, 0.15) is 10.9 Å². The van der Waals surface area contributed by atoms with Crippen molar-refractivity contribution in [2.24, 2.45) is 0 Å². The Hall–Kier alpha value is -2.60. The molecule has 0 bridgehead atoms. The van der Waals surface area contributed by atoms with Crippen molar-refractivity contribution in [3.8, 4) is 0 Å². The summed E-state index contributed by atoms with van der Waals surface area (Å²) in [6.07, 6.45) is 1.46. The smallest absolute Gasteiger partial charge is 0.261 e. The summed E-state index contributed by atoms with van der Waals surface area (Å²) in [5.74, 6) is 0.842. The molecule has 0 radical (unpaired) electrons. The molecule has 1 unspecified atom stereocenters. The van der Waals surface area contributed by atoms with Gasteiger partial charge in [0, 0.05) is 12.3 Å². The maximum atomic E-state index is 12.8. The van der Waals surface area contributed by atoms with Crippen molar-refractivity contribution in [2.45, 2.75) is 11.9 Å². The van der Waals surface area contributed by atoms with E-state index < -0.39 is 0 Å². The first kappa shape index (κ1) is 15.9. The molecular formula is C19H17N3O2S. The van der Waals surface area contributed by atoms with Crippen LogP contribution in [0.3, 0.4) is 0 Å². The second kappa shape index (κ2) is 6.72. The Bertz CT molecular complexity index is 971. The zero-order valence-electron chi connectivity index (χ0n) is 13.5. The van der Waals surface area contributed by atoms with Crippen LogP contribution in [0.2, 0.25) is 0 Å². The highest BCUT2D eigenvalue weighted by Gasteiger charge is 2.30. The lowest BCUT2D eigenvalue weighted by Crippen LogP contribution is -2.36. The molecule has 2 aromatic carbocycles. The van der Waals surface area contributed by atoms with Gasteiger partial charge in [-0.3, -0.25) is 14.2 Å². The number of aromatic nitrogens is 2. The Morgan fingerprint density at radius 1 is 1.12 bits per heavy atom.